The molecule has 3 heterocycles. The highest BCUT2D eigenvalue weighted by molar-refractivity contribution is 9.11. The lowest BCUT2D eigenvalue weighted by Crippen LogP contribution is -2.41. The van der Waals surface area contributed by atoms with Crippen molar-refractivity contribution in [3.63, 3.8) is 0 Å². The zero-order valence-electron chi connectivity index (χ0n) is 16.2. The van der Waals surface area contributed by atoms with E-state index >= 15 is 0 Å². The van der Waals surface area contributed by atoms with Crippen LogP contribution in [0.4, 0.5) is 11.4 Å². The molecule has 10 heteroatoms. The van der Waals surface area contributed by atoms with E-state index in [9.17, 15) is 14.4 Å². The summed E-state index contributed by atoms with van der Waals surface area (Å²) in [5.41, 5.74) is 1.31. The van der Waals surface area contributed by atoms with Crippen LogP contribution in [-0.2, 0) is 14.3 Å². The van der Waals surface area contributed by atoms with Crippen molar-refractivity contribution >= 4 is 56.4 Å². The molecule has 0 unspecified atom stereocenters. The zero-order valence-corrected chi connectivity index (χ0v) is 18.6. The molecule has 0 aliphatic carbocycles. The smallest absolute Gasteiger partial charge is 0.261 e. The standard InChI is InChI=1S/C20H20BrN3O5S/c1-28-15-9-13(2-3-14(15)23-6-7-29-11-19(23)26)24-10-12(8-18(24)25)22-20(27)16-4-5-17(21)30-16/h2-5,9,12H,6-8,10-11H2,1H3,(H,22,27)/t12-/m1/s1. The fraction of sp³-hybridized carbons (Fsp3) is 0.350. The predicted molar refractivity (Wildman–Crippen MR) is 116 cm³/mol. The number of hydrogen-bond acceptors (Lipinski definition) is 6. The number of hydrogen-bond donors (Lipinski definition) is 1. The Hall–Kier alpha value is -2.43. The molecule has 2 aliphatic rings. The normalized spacial score (nSPS) is 19.3. The average molecular weight is 494 g/mol. The first-order valence-electron chi connectivity index (χ1n) is 9.39. The molecule has 2 fully saturated rings. The predicted octanol–water partition coefficient (Wildman–Crippen LogP) is 2.42. The van der Waals surface area contributed by atoms with E-state index in [-0.39, 0.29) is 36.8 Å². The summed E-state index contributed by atoms with van der Waals surface area (Å²) in [4.78, 5) is 41.0. The number of carbonyl (C=O) groups is 3. The summed E-state index contributed by atoms with van der Waals surface area (Å²) in [6.45, 7) is 1.32. The molecule has 3 amide bonds. The van der Waals surface area contributed by atoms with Crippen molar-refractivity contribution in [2.45, 2.75) is 12.5 Å². The molecular weight excluding hydrogens is 474 g/mol. The van der Waals surface area contributed by atoms with Crippen molar-refractivity contribution in [1.82, 2.24) is 5.32 Å². The van der Waals surface area contributed by atoms with Gasteiger partial charge in [-0.25, -0.2) is 0 Å². The maximum Gasteiger partial charge on any atom is 0.261 e. The number of carbonyl (C=O) groups excluding carboxylic acids is 3. The lowest BCUT2D eigenvalue weighted by Gasteiger charge is -2.29. The van der Waals surface area contributed by atoms with Crippen LogP contribution in [0.15, 0.2) is 34.1 Å². The Morgan fingerprint density at radius 2 is 2.07 bits per heavy atom. The van der Waals surface area contributed by atoms with E-state index in [1.54, 1.807) is 34.1 Å². The first-order chi connectivity index (χ1) is 14.5. The average Bonchev–Trinajstić information content (AvgIpc) is 3.33. The minimum absolute atomic E-state index is 0.0394. The Kier molecular flexibility index (Phi) is 6.07. The topological polar surface area (TPSA) is 88.2 Å². The molecule has 0 bridgehead atoms. The Bertz CT molecular complexity index is 995. The number of morpholine rings is 1. The van der Waals surface area contributed by atoms with E-state index in [0.29, 0.717) is 41.7 Å². The molecule has 4 rings (SSSR count). The second kappa shape index (κ2) is 8.75. The molecule has 158 valence electrons. The molecule has 1 aromatic carbocycles. The van der Waals surface area contributed by atoms with Crippen molar-refractivity contribution in [3.8, 4) is 5.75 Å². The van der Waals surface area contributed by atoms with Crippen molar-refractivity contribution in [1.29, 1.82) is 0 Å². The van der Waals surface area contributed by atoms with E-state index in [4.69, 9.17) is 9.47 Å². The molecular formula is C20H20BrN3O5S. The van der Waals surface area contributed by atoms with Crippen LogP contribution in [0.1, 0.15) is 16.1 Å². The molecule has 0 spiro atoms. The summed E-state index contributed by atoms with van der Waals surface area (Å²) in [6, 6.07) is 8.60. The highest BCUT2D eigenvalue weighted by Gasteiger charge is 2.33. The van der Waals surface area contributed by atoms with Crippen LogP contribution in [0.3, 0.4) is 0 Å². The number of methoxy groups -OCH3 is 1. The SMILES string of the molecule is COc1cc(N2C[C@H](NC(=O)c3ccc(Br)s3)CC2=O)ccc1N1CCOCC1=O. The lowest BCUT2D eigenvalue weighted by atomic mass is 10.2. The van der Waals surface area contributed by atoms with Crippen LogP contribution in [0.2, 0.25) is 0 Å². The first-order valence-corrected chi connectivity index (χ1v) is 11.0. The van der Waals surface area contributed by atoms with Gasteiger partial charge in [0.15, 0.2) is 0 Å². The van der Waals surface area contributed by atoms with Crippen LogP contribution in [0, 0.1) is 0 Å². The van der Waals surface area contributed by atoms with Gasteiger partial charge >= 0.3 is 0 Å². The van der Waals surface area contributed by atoms with Gasteiger partial charge in [-0.3, -0.25) is 14.4 Å². The van der Waals surface area contributed by atoms with E-state index in [2.05, 4.69) is 21.2 Å². The maximum absolute atomic E-state index is 12.6. The third-order valence-corrected chi connectivity index (χ3v) is 6.63. The first kappa shape index (κ1) is 20.8. The molecule has 0 radical (unpaired) electrons. The van der Waals surface area contributed by atoms with Gasteiger partial charge in [-0.1, -0.05) is 0 Å². The van der Waals surface area contributed by atoms with E-state index < -0.39 is 0 Å². The Morgan fingerprint density at radius 1 is 1.23 bits per heavy atom. The van der Waals surface area contributed by atoms with Gasteiger partial charge in [-0.15, -0.1) is 11.3 Å². The van der Waals surface area contributed by atoms with Gasteiger partial charge in [0.2, 0.25) is 5.91 Å². The summed E-state index contributed by atoms with van der Waals surface area (Å²) in [5, 5.41) is 2.93. The number of benzene rings is 1. The van der Waals surface area contributed by atoms with Crippen molar-refractivity contribution in [3.05, 3.63) is 39.0 Å². The van der Waals surface area contributed by atoms with E-state index in [1.807, 2.05) is 6.07 Å². The Balaban J connectivity index is 1.49. The number of anilines is 2. The minimum atomic E-state index is -0.280. The number of ether oxygens (including phenoxy) is 2. The van der Waals surface area contributed by atoms with Crippen LogP contribution in [0.5, 0.6) is 5.75 Å². The van der Waals surface area contributed by atoms with Crippen LogP contribution >= 0.6 is 27.3 Å². The summed E-state index contributed by atoms with van der Waals surface area (Å²) in [5.74, 6) is 0.105. The maximum atomic E-state index is 12.6. The van der Waals surface area contributed by atoms with Gasteiger partial charge in [0.05, 0.1) is 34.1 Å². The van der Waals surface area contributed by atoms with Gasteiger partial charge in [-0.05, 0) is 40.2 Å². The summed E-state index contributed by atoms with van der Waals surface area (Å²) < 4.78 is 11.5. The molecule has 1 atom stereocenters. The summed E-state index contributed by atoms with van der Waals surface area (Å²) >= 11 is 4.69. The van der Waals surface area contributed by atoms with E-state index in [0.717, 1.165) is 3.79 Å². The van der Waals surface area contributed by atoms with Gasteiger partial charge in [0.25, 0.3) is 11.8 Å². The van der Waals surface area contributed by atoms with Crippen molar-refractivity contribution in [2.24, 2.45) is 0 Å². The highest BCUT2D eigenvalue weighted by Crippen LogP contribution is 2.35. The second-order valence-electron chi connectivity index (χ2n) is 6.94. The fourth-order valence-electron chi connectivity index (χ4n) is 3.58. The van der Waals surface area contributed by atoms with Crippen LogP contribution in [-0.4, -0.2) is 57.2 Å². The highest BCUT2D eigenvalue weighted by atomic mass is 79.9. The number of nitrogens with one attached hydrogen (secondary N) is 1. The monoisotopic (exact) mass is 493 g/mol. The van der Waals surface area contributed by atoms with Gasteiger partial charge in [-0.2, -0.15) is 0 Å². The van der Waals surface area contributed by atoms with Crippen molar-refractivity contribution < 1.29 is 23.9 Å². The van der Waals surface area contributed by atoms with Crippen molar-refractivity contribution in [2.75, 3.05) is 43.2 Å². The largest absolute Gasteiger partial charge is 0.494 e. The third kappa shape index (κ3) is 4.21. The van der Waals surface area contributed by atoms with Gasteiger partial charge < -0.3 is 24.6 Å². The molecule has 1 N–H and O–H groups in total. The number of amides is 3. The molecule has 30 heavy (non-hydrogen) atoms. The molecule has 2 saturated heterocycles. The molecule has 1 aromatic heterocycles. The minimum Gasteiger partial charge on any atom is -0.494 e. The molecule has 0 saturated carbocycles. The number of halogens is 1. The zero-order chi connectivity index (χ0) is 21.3. The lowest BCUT2D eigenvalue weighted by molar-refractivity contribution is -0.125. The number of thiophene rings is 1. The van der Waals surface area contributed by atoms with E-state index in [1.165, 1.54) is 18.4 Å². The van der Waals surface area contributed by atoms with Gasteiger partial charge in [0.1, 0.15) is 12.4 Å². The third-order valence-electron chi connectivity index (χ3n) is 5.01. The van der Waals surface area contributed by atoms with Crippen LogP contribution in [0.25, 0.3) is 0 Å². The molecule has 2 aliphatic heterocycles. The second-order valence-corrected chi connectivity index (χ2v) is 9.40. The number of rotatable bonds is 5. The number of nitrogens with zero attached hydrogens (tertiary/aromatic N) is 2. The Morgan fingerprint density at radius 3 is 2.77 bits per heavy atom. The van der Waals surface area contributed by atoms with Crippen LogP contribution < -0.4 is 19.9 Å². The van der Waals surface area contributed by atoms with Gasteiger partial charge in [0, 0.05) is 31.3 Å². The molecule has 8 nitrogen and oxygen atoms in total. The summed E-state index contributed by atoms with van der Waals surface area (Å²) in [6.07, 6.45) is 0.226. The summed E-state index contributed by atoms with van der Waals surface area (Å²) in [7, 11) is 1.53. The molecule has 2 aromatic rings. The quantitative estimate of drug-likeness (QED) is 0.690. The fourth-order valence-corrected chi connectivity index (χ4v) is 4.87. The Labute approximate surface area is 185 Å².